The van der Waals surface area contributed by atoms with Crippen molar-refractivity contribution in [2.45, 2.75) is 11.8 Å². The molecule has 0 aliphatic heterocycles. The molecule has 1 aromatic rings. The highest BCUT2D eigenvalue weighted by molar-refractivity contribution is 7.89. The number of primary amides is 1. The van der Waals surface area contributed by atoms with Crippen LogP contribution in [0.4, 0.5) is 10.1 Å². The van der Waals surface area contributed by atoms with Crippen molar-refractivity contribution in [3.8, 4) is 0 Å². The Bertz CT molecular complexity index is 644. The number of rotatable bonds is 5. The highest BCUT2D eigenvalue weighted by Gasteiger charge is 2.24. The predicted molar refractivity (Wildman–Crippen MR) is 62.2 cm³/mol. The van der Waals surface area contributed by atoms with Gasteiger partial charge in [-0.2, -0.15) is 4.39 Å². The lowest BCUT2D eigenvalue weighted by atomic mass is 10.2. The number of halogens is 1. The van der Waals surface area contributed by atoms with Gasteiger partial charge in [0.05, 0.1) is 16.4 Å². The first kappa shape index (κ1) is 15.0. The molecule has 3 N–H and O–H groups in total. The summed E-state index contributed by atoms with van der Waals surface area (Å²) in [7, 11) is -4.18. The fourth-order valence-corrected chi connectivity index (χ4v) is 2.55. The fourth-order valence-electron chi connectivity index (χ4n) is 1.32. The van der Waals surface area contributed by atoms with Crippen molar-refractivity contribution in [1.29, 1.82) is 0 Å². The van der Waals surface area contributed by atoms with Crippen LogP contribution in [-0.4, -0.2) is 25.8 Å². The van der Waals surface area contributed by atoms with Crippen LogP contribution in [0, 0.1) is 22.9 Å². The topological polar surface area (TPSA) is 132 Å². The van der Waals surface area contributed by atoms with Crippen LogP contribution >= 0.6 is 0 Å². The second-order valence-corrected chi connectivity index (χ2v) is 5.35. The first-order chi connectivity index (χ1) is 8.65. The van der Waals surface area contributed by atoms with E-state index >= 15 is 0 Å². The van der Waals surface area contributed by atoms with Gasteiger partial charge in [-0.1, -0.05) is 0 Å². The van der Waals surface area contributed by atoms with E-state index in [0.717, 1.165) is 6.07 Å². The zero-order valence-corrected chi connectivity index (χ0v) is 10.5. The summed E-state index contributed by atoms with van der Waals surface area (Å²) in [5.74, 6) is -2.06. The smallest absolute Gasteiger partial charge is 0.306 e. The number of amides is 1. The molecule has 0 unspecified atom stereocenters. The normalized spacial score (nSPS) is 11.3. The van der Waals surface area contributed by atoms with Gasteiger partial charge in [0.1, 0.15) is 0 Å². The molecule has 10 heteroatoms. The molecule has 0 aliphatic rings. The van der Waals surface area contributed by atoms with Gasteiger partial charge in [0.25, 0.3) is 0 Å². The maximum Gasteiger partial charge on any atom is 0.306 e. The van der Waals surface area contributed by atoms with Crippen LogP contribution in [0.5, 0.6) is 0 Å². The molecule has 0 atom stereocenters. The predicted octanol–water partition coefficient (Wildman–Crippen LogP) is -0.194. The highest BCUT2D eigenvalue weighted by Crippen LogP contribution is 2.24. The van der Waals surface area contributed by atoms with Gasteiger partial charge in [0.15, 0.2) is 0 Å². The number of nitrogens with two attached hydrogens (primary N) is 1. The number of carbonyl (C=O) groups is 1. The van der Waals surface area contributed by atoms with E-state index in [-0.39, 0.29) is 5.56 Å². The maximum absolute atomic E-state index is 13.3. The summed E-state index contributed by atoms with van der Waals surface area (Å²) in [4.78, 5) is 19.5. The van der Waals surface area contributed by atoms with Gasteiger partial charge < -0.3 is 5.73 Å². The van der Waals surface area contributed by atoms with Gasteiger partial charge in [0.2, 0.25) is 21.7 Å². The van der Waals surface area contributed by atoms with E-state index in [9.17, 15) is 27.7 Å². The fraction of sp³-hybridized carbons (Fsp3) is 0.222. The van der Waals surface area contributed by atoms with E-state index in [4.69, 9.17) is 5.73 Å². The van der Waals surface area contributed by atoms with Crippen molar-refractivity contribution in [1.82, 2.24) is 4.72 Å². The van der Waals surface area contributed by atoms with Crippen molar-refractivity contribution in [3.05, 3.63) is 33.6 Å². The Morgan fingerprint density at radius 1 is 1.53 bits per heavy atom. The number of aryl methyl sites for hydroxylation is 1. The molecule has 1 rings (SSSR count). The molecule has 104 valence electrons. The van der Waals surface area contributed by atoms with Crippen LogP contribution < -0.4 is 10.5 Å². The number of benzene rings is 1. The Balaban J connectivity index is 3.30. The molecule has 8 nitrogen and oxygen atoms in total. The van der Waals surface area contributed by atoms with Crippen LogP contribution in [0.15, 0.2) is 17.0 Å². The average molecular weight is 291 g/mol. The molecular formula is C9H10FN3O5S. The Morgan fingerprint density at radius 3 is 2.58 bits per heavy atom. The molecule has 0 heterocycles. The van der Waals surface area contributed by atoms with Gasteiger partial charge in [-0.15, -0.1) is 0 Å². The summed E-state index contributed by atoms with van der Waals surface area (Å²) >= 11 is 0. The quantitative estimate of drug-likeness (QED) is 0.573. The molecule has 0 bridgehead atoms. The van der Waals surface area contributed by atoms with Crippen molar-refractivity contribution < 1.29 is 22.5 Å². The van der Waals surface area contributed by atoms with E-state index in [0.29, 0.717) is 6.07 Å². The third-order valence-corrected chi connectivity index (χ3v) is 3.71. The number of hydrogen-bond donors (Lipinski definition) is 2. The molecule has 0 aliphatic carbocycles. The number of hydrogen-bond acceptors (Lipinski definition) is 5. The lowest BCUT2D eigenvalue weighted by Gasteiger charge is -2.08. The maximum atomic E-state index is 13.3. The molecular weight excluding hydrogens is 281 g/mol. The lowest BCUT2D eigenvalue weighted by molar-refractivity contribution is -0.387. The van der Waals surface area contributed by atoms with Crippen LogP contribution in [0.2, 0.25) is 0 Å². The molecule has 0 spiro atoms. The van der Waals surface area contributed by atoms with Crippen LogP contribution in [0.25, 0.3) is 0 Å². The van der Waals surface area contributed by atoms with Crippen molar-refractivity contribution in [3.63, 3.8) is 0 Å². The van der Waals surface area contributed by atoms with E-state index < -0.39 is 43.8 Å². The minimum Gasteiger partial charge on any atom is -0.369 e. The van der Waals surface area contributed by atoms with Crippen LogP contribution in [-0.2, 0) is 14.8 Å². The monoisotopic (exact) mass is 291 g/mol. The minimum atomic E-state index is -4.18. The number of nitrogens with one attached hydrogen (secondary N) is 1. The summed E-state index contributed by atoms with van der Waals surface area (Å²) in [5, 5.41) is 10.6. The second-order valence-electron chi connectivity index (χ2n) is 3.62. The van der Waals surface area contributed by atoms with Crippen molar-refractivity contribution in [2.75, 3.05) is 6.54 Å². The van der Waals surface area contributed by atoms with Crippen LogP contribution in [0.1, 0.15) is 5.56 Å². The molecule has 19 heavy (non-hydrogen) atoms. The summed E-state index contributed by atoms with van der Waals surface area (Å²) in [6.45, 7) is 0.610. The number of carbonyl (C=O) groups excluding carboxylic acids is 1. The Kier molecular flexibility index (Phi) is 4.17. The number of nitro groups is 1. The van der Waals surface area contributed by atoms with E-state index in [2.05, 4.69) is 0 Å². The standard InChI is InChI=1S/C9H10FN3O5S/c1-5-2-6(10)7(13(15)16)3-8(5)19(17,18)12-4-9(11)14/h2-3,12H,4H2,1H3,(H2,11,14). The van der Waals surface area contributed by atoms with Gasteiger partial charge >= 0.3 is 5.69 Å². The SMILES string of the molecule is Cc1cc(F)c([N+](=O)[O-])cc1S(=O)(=O)NCC(N)=O. The highest BCUT2D eigenvalue weighted by atomic mass is 32.2. The van der Waals surface area contributed by atoms with E-state index in [1.54, 1.807) is 0 Å². The lowest BCUT2D eigenvalue weighted by Crippen LogP contribution is -2.33. The third kappa shape index (κ3) is 3.45. The molecule has 0 radical (unpaired) electrons. The van der Waals surface area contributed by atoms with Gasteiger partial charge in [-0.3, -0.25) is 14.9 Å². The molecule has 1 aromatic carbocycles. The first-order valence-corrected chi connectivity index (χ1v) is 6.36. The third-order valence-electron chi connectivity index (χ3n) is 2.17. The van der Waals surface area contributed by atoms with Gasteiger partial charge in [-0.25, -0.2) is 13.1 Å². The second kappa shape index (κ2) is 5.28. The van der Waals surface area contributed by atoms with E-state index in [1.807, 2.05) is 4.72 Å². The number of nitrogens with zero attached hydrogens (tertiary/aromatic N) is 1. The number of nitro benzene ring substituents is 1. The summed E-state index contributed by atoms with van der Waals surface area (Å²) in [6, 6.07) is 1.32. The molecule has 0 fully saturated rings. The number of sulfonamides is 1. The van der Waals surface area contributed by atoms with Gasteiger partial charge in [0, 0.05) is 6.07 Å². The Hall–Kier alpha value is -2.07. The molecule has 0 saturated heterocycles. The largest absolute Gasteiger partial charge is 0.369 e. The zero-order chi connectivity index (χ0) is 14.8. The molecule has 0 aromatic heterocycles. The Labute approximate surface area is 107 Å². The average Bonchev–Trinajstić information content (AvgIpc) is 2.25. The summed E-state index contributed by atoms with van der Waals surface area (Å²) in [6.07, 6.45) is 0. The summed E-state index contributed by atoms with van der Waals surface area (Å²) in [5.41, 5.74) is 3.79. The molecule has 1 amide bonds. The Morgan fingerprint density at radius 2 is 2.11 bits per heavy atom. The van der Waals surface area contributed by atoms with Crippen molar-refractivity contribution >= 4 is 21.6 Å². The molecule has 0 saturated carbocycles. The van der Waals surface area contributed by atoms with E-state index in [1.165, 1.54) is 6.92 Å². The van der Waals surface area contributed by atoms with Crippen molar-refractivity contribution in [2.24, 2.45) is 5.73 Å². The van der Waals surface area contributed by atoms with Gasteiger partial charge in [-0.05, 0) is 18.6 Å². The minimum absolute atomic E-state index is 0.0277. The van der Waals surface area contributed by atoms with Crippen LogP contribution in [0.3, 0.4) is 0 Å². The summed E-state index contributed by atoms with van der Waals surface area (Å²) < 4.78 is 38.7. The zero-order valence-electron chi connectivity index (χ0n) is 9.71. The first-order valence-electron chi connectivity index (χ1n) is 4.87.